The van der Waals surface area contributed by atoms with Crippen molar-refractivity contribution < 1.29 is 0 Å². The van der Waals surface area contributed by atoms with E-state index in [0.29, 0.717) is 6.42 Å². The first kappa shape index (κ1) is 14.2. The summed E-state index contributed by atoms with van der Waals surface area (Å²) in [6.45, 7) is 0.730. The van der Waals surface area contributed by atoms with Crippen molar-refractivity contribution in [2.45, 2.75) is 19.0 Å². The Morgan fingerprint density at radius 2 is 1.90 bits per heavy atom. The molecule has 1 heterocycles. The van der Waals surface area contributed by atoms with E-state index < -0.39 is 0 Å². The fourth-order valence-electron chi connectivity index (χ4n) is 2.27. The van der Waals surface area contributed by atoms with Crippen LogP contribution in [0.2, 0.25) is 0 Å². The van der Waals surface area contributed by atoms with Gasteiger partial charge in [-0.3, -0.25) is 15.3 Å². The molecule has 1 aromatic carbocycles. The van der Waals surface area contributed by atoms with Crippen LogP contribution in [0.15, 0.2) is 54.7 Å². The molecule has 4 nitrogen and oxygen atoms in total. The average Bonchev–Trinajstić information content (AvgIpc) is 2.46. The Kier molecular flexibility index (Phi) is 4.85. The van der Waals surface area contributed by atoms with Crippen molar-refractivity contribution in [1.29, 1.82) is 5.41 Å². The number of nitrogens with zero attached hydrogens (tertiary/aromatic N) is 2. The number of benzene rings is 1. The topological polar surface area (TPSA) is 66.0 Å². The van der Waals surface area contributed by atoms with Crippen molar-refractivity contribution in [2.75, 3.05) is 7.05 Å². The molecule has 2 rings (SSSR count). The SMILES string of the molecule is CN(Cc1ccccn1)C(CC(=N)N)c1ccccc1. The Morgan fingerprint density at radius 3 is 2.50 bits per heavy atom. The average molecular weight is 268 g/mol. The van der Waals surface area contributed by atoms with Crippen molar-refractivity contribution in [3.05, 3.63) is 66.0 Å². The van der Waals surface area contributed by atoms with E-state index in [0.717, 1.165) is 12.2 Å². The van der Waals surface area contributed by atoms with Gasteiger partial charge in [0.2, 0.25) is 0 Å². The van der Waals surface area contributed by atoms with Crippen LogP contribution in [-0.4, -0.2) is 22.8 Å². The van der Waals surface area contributed by atoms with Crippen LogP contribution in [-0.2, 0) is 6.54 Å². The first-order chi connectivity index (χ1) is 9.66. The lowest BCUT2D eigenvalue weighted by Gasteiger charge is -2.28. The second kappa shape index (κ2) is 6.82. The van der Waals surface area contributed by atoms with Crippen LogP contribution in [0.3, 0.4) is 0 Å². The van der Waals surface area contributed by atoms with Gasteiger partial charge in [-0.2, -0.15) is 0 Å². The van der Waals surface area contributed by atoms with Crippen LogP contribution in [0.25, 0.3) is 0 Å². The third-order valence-corrected chi connectivity index (χ3v) is 3.27. The fourth-order valence-corrected chi connectivity index (χ4v) is 2.27. The van der Waals surface area contributed by atoms with Crippen LogP contribution in [0.5, 0.6) is 0 Å². The maximum absolute atomic E-state index is 7.58. The first-order valence-electron chi connectivity index (χ1n) is 6.65. The first-order valence-corrected chi connectivity index (χ1v) is 6.65. The lowest BCUT2D eigenvalue weighted by Crippen LogP contribution is -2.28. The summed E-state index contributed by atoms with van der Waals surface area (Å²) in [5.74, 6) is 0.201. The Balaban J connectivity index is 2.16. The maximum Gasteiger partial charge on any atom is 0.0924 e. The predicted octanol–water partition coefficient (Wildman–Crippen LogP) is 2.58. The number of hydrogen-bond donors (Lipinski definition) is 2. The molecule has 1 unspecified atom stereocenters. The molecule has 0 saturated carbocycles. The molecule has 0 spiro atoms. The van der Waals surface area contributed by atoms with Gasteiger partial charge >= 0.3 is 0 Å². The number of aromatic nitrogens is 1. The zero-order valence-corrected chi connectivity index (χ0v) is 11.7. The van der Waals surface area contributed by atoms with E-state index in [1.165, 1.54) is 5.56 Å². The third-order valence-electron chi connectivity index (χ3n) is 3.27. The lowest BCUT2D eigenvalue weighted by atomic mass is 10.0. The molecule has 104 valence electrons. The molecule has 0 aliphatic rings. The number of nitrogens with one attached hydrogen (secondary N) is 1. The summed E-state index contributed by atoms with van der Waals surface area (Å²) in [5.41, 5.74) is 7.78. The highest BCUT2D eigenvalue weighted by Gasteiger charge is 2.18. The number of pyridine rings is 1. The van der Waals surface area contributed by atoms with Gasteiger partial charge in [0.1, 0.15) is 0 Å². The van der Waals surface area contributed by atoms with E-state index in [1.807, 2.05) is 43.4 Å². The molecule has 4 heteroatoms. The van der Waals surface area contributed by atoms with Gasteiger partial charge < -0.3 is 5.73 Å². The molecule has 1 aromatic heterocycles. The minimum absolute atomic E-state index is 0.0932. The second-order valence-electron chi connectivity index (χ2n) is 4.89. The van der Waals surface area contributed by atoms with E-state index >= 15 is 0 Å². The van der Waals surface area contributed by atoms with Gasteiger partial charge in [0, 0.05) is 25.2 Å². The Bertz CT molecular complexity index is 539. The molecule has 0 amide bonds. The van der Waals surface area contributed by atoms with E-state index in [4.69, 9.17) is 11.1 Å². The van der Waals surface area contributed by atoms with E-state index in [2.05, 4.69) is 22.0 Å². The molecule has 0 aliphatic heterocycles. The third kappa shape index (κ3) is 3.90. The van der Waals surface area contributed by atoms with Gasteiger partial charge in [0.15, 0.2) is 0 Å². The summed E-state index contributed by atoms with van der Waals surface area (Å²) in [4.78, 5) is 6.53. The van der Waals surface area contributed by atoms with E-state index in [9.17, 15) is 0 Å². The van der Waals surface area contributed by atoms with Crippen LogP contribution in [0.1, 0.15) is 23.7 Å². The molecule has 0 saturated heterocycles. The molecule has 1 atom stereocenters. The zero-order valence-electron chi connectivity index (χ0n) is 11.7. The molecule has 2 aromatic rings. The lowest BCUT2D eigenvalue weighted by molar-refractivity contribution is 0.238. The van der Waals surface area contributed by atoms with Gasteiger partial charge in [0.05, 0.1) is 11.5 Å². The zero-order chi connectivity index (χ0) is 14.4. The molecule has 0 bridgehead atoms. The Labute approximate surface area is 119 Å². The number of nitrogens with two attached hydrogens (primary N) is 1. The second-order valence-corrected chi connectivity index (χ2v) is 4.89. The number of amidine groups is 1. The van der Waals surface area contributed by atoms with Crippen LogP contribution >= 0.6 is 0 Å². The molecular weight excluding hydrogens is 248 g/mol. The highest BCUT2D eigenvalue weighted by Crippen LogP contribution is 2.24. The van der Waals surface area contributed by atoms with Crippen LogP contribution in [0.4, 0.5) is 0 Å². The van der Waals surface area contributed by atoms with Gasteiger partial charge in [-0.15, -0.1) is 0 Å². The van der Waals surface area contributed by atoms with Crippen molar-refractivity contribution >= 4 is 5.84 Å². The van der Waals surface area contributed by atoms with Crippen molar-refractivity contribution in [1.82, 2.24) is 9.88 Å². The van der Waals surface area contributed by atoms with Crippen LogP contribution < -0.4 is 5.73 Å². The molecule has 3 N–H and O–H groups in total. The van der Waals surface area contributed by atoms with Crippen LogP contribution in [0, 0.1) is 5.41 Å². The Hall–Kier alpha value is -2.20. The molecule has 0 fully saturated rings. The molecule has 0 radical (unpaired) electrons. The van der Waals surface area contributed by atoms with Gasteiger partial charge in [0.25, 0.3) is 0 Å². The molecule has 20 heavy (non-hydrogen) atoms. The summed E-state index contributed by atoms with van der Waals surface area (Å²) < 4.78 is 0. The quantitative estimate of drug-likeness (QED) is 0.625. The maximum atomic E-state index is 7.58. The highest BCUT2D eigenvalue weighted by molar-refractivity contribution is 5.77. The summed E-state index contributed by atoms with van der Waals surface area (Å²) in [6.07, 6.45) is 2.32. The van der Waals surface area contributed by atoms with Crippen molar-refractivity contribution in [3.63, 3.8) is 0 Å². The fraction of sp³-hybridized carbons (Fsp3) is 0.250. The van der Waals surface area contributed by atoms with Gasteiger partial charge in [-0.1, -0.05) is 36.4 Å². The minimum atomic E-state index is 0.0932. The minimum Gasteiger partial charge on any atom is -0.388 e. The molecule has 0 aliphatic carbocycles. The number of rotatable bonds is 6. The largest absolute Gasteiger partial charge is 0.388 e. The number of hydrogen-bond acceptors (Lipinski definition) is 3. The highest BCUT2D eigenvalue weighted by atomic mass is 15.1. The summed E-state index contributed by atoms with van der Waals surface area (Å²) in [5, 5.41) is 7.58. The Morgan fingerprint density at radius 1 is 1.20 bits per heavy atom. The normalized spacial score (nSPS) is 12.3. The molecular formula is C16H20N4. The smallest absolute Gasteiger partial charge is 0.0924 e. The van der Waals surface area contributed by atoms with Crippen molar-refractivity contribution in [3.8, 4) is 0 Å². The monoisotopic (exact) mass is 268 g/mol. The van der Waals surface area contributed by atoms with Gasteiger partial charge in [-0.25, -0.2) is 0 Å². The van der Waals surface area contributed by atoms with E-state index in [1.54, 1.807) is 6.20 Å². The predicted molar refractivity (Wildman–Crippen MR) is 81.4 cm³/mol. The summed E-state index contributed by atoms with van der Waals surface area (Å²) >= 11 is 0. The van der Waals surface area contributed by atoms with E-state index in [-0.39, 0.29) is 11.9 Å². The van der Waals surface area contributed by atoms with Gasteiger partial charge in [-0.05, 0) is 24.7 Å². The summed E-state index contributed by atoms with van der Waals surface area (Å²) in [7, 11) is 2.04. The summed E-state index contributed by atoms with van der Waals surface area (Å²) in [6, 6.07) is 16.2. The standard InChI is InChI=1S/C16H20N4/c1-20(12-14-9-5-6-10-19-14)15(11-16(17)18)13-7-3-2-4-8-13/h2-10,15H,11-12H2,1H3,(H3,17,18). The van der Waals surface area contributed by atoms with Crippen molar-refractivity contribution in [2.24, 2.45) is 5.73 Å².